The van der Waals surface area contributed by atoms with Crippen LogP contribution in [0.4, 0.5) is 4.39 Å². The van der Waals surface area contributed by atoms with Gasteiger partial charge >= 0.3 is 0 Å². The second kappa shape index (κ2) is 16.3. The number of alkyl halides is 1. The number of aromatic nitrogens is 3. The van der Waals surface area contributed by atoms with Crippen molar-refractivity contribution in [2.75, 3.05) is 53.4 Å². The number of benzene rings is 1. The third-order valence-electron chi connectivity index (χ3n) is 5.32. The molecule has 0 saturated carbocycles. The number of carbonyl (C=O) groups is 1. The van der Waals surface area contributed by atoms with Crippen molar-refractivity contribution < 1.29 is 41.8 Å². The molecule has 0 unspecified atom stereocenters. The summed E-state index contributed by atoms with van der Waals surface area (Å²) in [6.07, 6.45) is 1.56. The van der Waals surface area contributed by atoms with Crippen LogP contribution >= 0.6 is 0 Å². The smallest absolute Gasteiger partial charge is 0.262 e. The van der Waals surface area contributed by atoms with Gasteiger partial charge in [0, 0.05) is 6.20 Å². The molecule has 1 heterocycles. The molecule has 2 rings (SSSR count). The third-order valence-corrected chi connectivity index (χ3v) is 7.16. The number of hydroxylamine groups is 1. The van der Waals surface area contributed by atoms with Crippen LogP contribution in [0, 0.1) is 5.92 Å². The van der Waals surface area contributed by atoms with Gasteiger partial charge in [0.1, 0.15) is 18.5 Å². The highest BCUT2D eigenvalue weighted by molar-refractivity contribution is 7.89. The van der Waals surface area contributed by atoms with Crippen LogP contribution in [0.3, 0.4) is 0 Å². The number of amides is 1. The van der Waals surface area contributed by atoms with E-state index in [0.717, 1.165) is 4.31 Å². The fraction of sp³-hybridized carbons (Fsp3) is 0.609. The van der Waals surface area contributed by atoms with Crippen LogP contribution in [-0.4, -0.2) is 98.3 Å². The molecule has 1 amide bonds. The Bertz CT molecular complexity index is 1070. The topological polar surface area (TPSA) is 154 Å². The van der Waals surface area contributed by atoms with Crippen molar-refractivity contribution in [3.05, 3.63) is 36.2 Å². The summed E-state index contributed by atoms with van der Waals surface area (Å²) in [5.41, 5.74) is 1.87. The predicted molar refractivity (Wildman–Crippen MR) is 133 cm³/mol. The van der Waals surface area contributed by atoms with Crippen LogP contribution in [-0.2, 0) is 42.1 Å². The second-order valence-electron chi connectivity index (χ2n) is 8.39. The van der Waals surface area contributed by atoms with Gasteiger partial charge in [0.15, 0.2) is 0 Å². The standard InChI is InChI=1S/C23H36FN5O8S/c1-18(2)22(23(30)26-31)29(38(32,33)21-6-4-20(34-3)5-7-21)17-19-16-28(27-25-19)9-11-36-13-15-37-14-12-35-10-8-24/h4-7,16,18,22,31H,8-15,17H2,1-3H3,(H,26,30)/t22-/m1/s1. The number of nitrogens with one attached hydrogen (secondary N) is 1. The second-order valence-corrected chi connectivity index (χ2v) is 10.3. The molecule has 0 aliphatic carbocycles. The Morgan fingerprint density at radius 1 is 1.08 bits per heavy atom. The highest BCUT2D eigenvalue weighted by atomic mass is 32.2. The van der Waals surface area contributed by atoms with E-state index in [2.05, 4.69) is 10.3 Å². The Labute approximate surface area is 221 Å². The monoisotopic (exact) mass is 561 g/mol. The normalized spacial score (nSPS) is 12.7. The summed E-state index contributed by atoms with van der Waals surface area (Å²) in [4.78, 5) is 12.5. The lowest BCUT2D eigenvalue weighted by atomic mass is 10.0. The maximum Gasteiger partial charge on any atom is 0.262 e. The van der Waals surface area contributed by atoms with E-state index in [9.17, 15) is 22.8 Å². The summed E-state index contributed by atoms with van der Waals surface area (Å²) >= 11 is 0. The zero-order chi connectivity index (χ0) is 28.0. The van der Waals surface area contributed by atoms with Crippen molar-refractivity contribution in [3.8, 4) is 5.75 Å². The quantitative estimate of drug-likeness (QED) is 0.144. The summed E-state index contributed by atoms with van der Waals surface area (Å²) in [7, 11) is -2.72. The molecule has 0 aliphatic rings. The van der Waals surface area contributed by atoms with Gasteiger partial charge in [0.05, 0.1) is 70.4 Å². The molecular formula is C23H36FN5O8S. The molecule has 2 N–H and O–H groups in total. The van der Waals surface area contributed by atoms with Gasteiger partial charge in [-0.25, -0.2) is 23.0 Å². The molecule has 13 nitrogen and oxygen atoms in total. The number of ether oxygens (including phenoxy) is 4. The van der Waals surface area contributed by atoms with E-state index < -0.39 is 34.6 Å². The van der Waals surface area contributed by atoms with Crippen LogP contribution in [0.2, 0.25) is 0 Å². The summed E-state index contributed by atoms with van der Waals surface area (Å²) < 4.78 is 62.4. The third kappa shape index (κ3) is 9.56. The average molecular weight is 562 g/mol. The van der Waals surface area contributed by atoms with Crippen molar-refractivity contribution in [1.29, 1.82) is 0 Å². The molecule has 0 saturated heterocycles. The fourth-order valence-electron chi connectivity index (χ4n) is 3.48. The average Bonchev–Trinajstić information content (AvgIpc) is 3.36. The van der Waals surface area contributed by atoms with Gasteiger partial charge in [-0.05, 0) is 30.2 Å². The Kier molecular flexibility index (Phi) is 13.5. The highest BCUT2D eigenvalue weighted by Crippen LogP contribution is 2.26. The number of methoxy groups -OCH3 is 1. The maximum atomic E-state index is 13.6. The first kappa shape index (κ1) is 31.5. The molecule has 2 aromatic rings. The number of sulfonamides is 1. The maximum absolute atomic E-state index is 13.6. The molecule has 1 aromatic heterocycles. The number of nitrogens with zero attached hydrogens (tertiary/aromatic N) is 4. The number of hydrogen-bond acceptors (Lipinski definition) is 10. The summed E-state index contributed by atoms with van der Waals surface area (Å²) in [5.74, 6) is -0.867. The molecule has 0 bridgehead atoms. The van der Waals surface area contributed by atoms with Crippen LogP contribution in [0.5, 0.6) is 5.75 Å². The van der Waals surface area contributed by atoms with Gasteiger partial charge in [-0.15, -0.1) is 5.10 Å². The molecule has 0 radical (unpaired) electrons. The predicted octanol–water partition coefficient (Wildman–Crippen LogP) is 1.03. The molecule has 1 atom stereocenters. The van der Waals surface area contributed by atoms with Gasteiger partial charge in [-0.1, -0.05) is 19.1 Å². The number of halogens is 1. The van der Waals surface area contributed by atoms with Crippen LogP contribution in [0.1, 0.15) is 19.5 Å². The first-order chi connectivity index (χ1) is 18.2. The zero-order valence-electron chi connectivity index (χ0n) is 21.8. The highest BCUT2D eigenvalue weighted by Gasteiger charge is 2.38. The van der Waals surface area contributed by atoms with E-state index in [1.807, 2.05) is 0 Å². The minimum absolute atomic E-state index is 0.0494. The molecule has 1 aromatic carbocycles. The minimum atomic E-state index is -4.19. The zero-order valence-corrected chi connectivity index (χ0v) is 22.6. The van der Waals surface area contributed by atoms with E-state index in [1.54, 1.807) is 25.5 Å². The van der Waals surface area contributed by atoms with E-state index in [4.69, 9.17) is 18.9 Å². The molecule has 214 valence electrons. The summed E-state index contributed by atoms with van der Waals surface area (Å²) in [6.45, 7) is 4.61. The van der Waals surface area contributed by atoms with Gasteiger partial charge in [-0.3, -0.25) is 10.0 Å². The fourth-order valence-corrected chi connectivity index (χ4v) is 5.17. The Balaban J connectivity index is 2.04. The Hall–Kier alpha value is -2.69. The molecule has 15 heteroatoms. The van der Waals surface area contributed by atoms with Crippen LogP contribution in [0.25, 0.3) is 0 Å². The first-order valence-electron chi connectivity index (χ1n) is 12.0. The van der Waals surface area contributed by atoms with Crippen molar-refractivity contribution in [1.82, 2.24) is 24.8 Å². The molecule has 0 spiro atoms. The van der Waals surface area contributed by atoms with Crippen LogP contribution < -0.4 is 10.2 Å². The largest absolute Gasteiger partial charge is 0.497 e. The summed E-state index contributed by atoms with van der Waals surface area (Å²) in [5, 5.41) is 17.4. The van der Waals surface area contributed by atoms with Gasteiger partial charge < -0.3 is 18.9 Å². The van der Waals surface area contributed by atoms with Crippen molar-refractivity contribution >= 4 is 15.9 Å². The van der Waals surface area contributed by atoms with E-state index in [-0.39, 0.29) is 18.0 Å². The van der Waals surface area contributed by atoms with Gasteiger partial charge in [0.2, 0.25) is 10.0 Å². The molecule has 38 heavy (non-hydrogen) atoms. The minimum Gasteiger partial charge on any atom is -0.497 e. The van der Waals surface area contributed by atoms with Crippen LogP contribution in [0.15, 0.2) is 35.4 Å². The Morgan fingerprint density at radius 2 is 1.68 bits per heavy atom. The molecule has 0 fully saturated rings. The van der Waals surface area contributed by atoms with Gasteiger partial charge in [0.25, 0.3) is 5.91 Å². The lowest BCUT2D eigenvalue weighted by molar-refractivity contribution is -0.134. The lowest BCUT2D eigenvalue weighted by Gasteiger charge is -2.31. The Morgan fingerprint density at radius 3 is 2.24 bits per heavy atom. The van der Waals surface area contributed by atoms with Gasteiger partial charge in [-0.2, -0.15) is 4.31 Å². The van der Waals surface area contributed by atoms with E-state index >= 15 is 0 Å². The molecule has 0 aliphatic heterocycles. The number of rotatable bonds is 19. The van der Waals surface area contributed by atoms with Crippen molar-refractivity contribution in [2.45, 2.75) is 37.9 Å². The van der Waals surface area contributed by atoms with Crippen molar-refractivity contribution in [3.63, 3.8) is 0 Å². The summed E-state index contributed by atoms with van der Waals surface area (Å²) in [6, 6.07) is 4.55. The number of carbonyl (C=O) groups excluding carboxylic acids is 1. The van der Waals surface area contributed by atoms with Crippen molar-refractivity contribution in [2.24, 2.45) is 5.92 Å². The number of hydrogen-bond donors (Lipinski definition) is 2. The van der Waals surface area contributed by atoms with E-state index in [1.165, 1.54) is 36.1 Å². The SMILES string of the molecule is COc1ccc(S(=O)(=O)N(Cc2cn(CCOCCOCCOCCF)nn2)[C@@H](C(=O)NO)C(C)C)cc1. The molecular weight excluding hydrogens is 525 g/mol. The van der Waals surface area contributed by atoms with E-state index in [0.29, 0.717) is 51.0 Å². The first-order valence-corrected chi connectivity index (χ1v) is 13.5. The lowest BCUT2D eigenvalue weighted by Crippen LogP contribution is -2.51.